The van der Waals surface area contributed by atoms with Gasteiger partial charge < -0.3 is 34.3 Å². The van der Waals surface area contributed by atoms with Gasteiger partial charge in [-0.05, 0) is 92.3 Å². The van der Waals surface area contributed by atoms with E-state index in [0.717, 1.165) is 34.0 Å². The van der Waals surface area contributed by atoms with Gasteiger partial charge in [-0.1, -0.05) is 6.07 Å². The zero-order chi connectivity index (χ0) is 30.7. The van der Waals surface area contributed by atoms with Crippen LogP contribution in [0.3, 0.4) is 0 Å². The Morgan fingerprint density at radius 3 is 2.40 bits per heavy atom. The van der Waals surface area contributed by atoms with E-state index in [4.69, 9.17) is 26.4 Å². The van der Waals surface area contributed by atoms with Crippen molar-refractivity contribution < 1.29 is 23.8 Å². The number of nitrogens with one attached hydrogen (secondary N) is 2. The molecular weight excluding hydrogens is 566 g/mol. The Labute approximate surface area is 255 Å². The number of esters is 1. The van der Waals surface area contributed by atoms with E-state index in [1.807, 2.05) is 54.3 Å². The number of thiocarbonyl (C=S) groups is 1. The molecule has 0 spiro atoms. The Kier molecular flexibility index (Phi) is 8.74. The molecule has 43 heavy (non-hydrogen) atoms. The molecule has 10 nitrogen and oxygen atoms in total. The zero-order valence-corrected chi connectivity index (χ0v) is 25.4. The normalized spacial score (nSPS) is 16.1. The van der Waals surface area contributed by atoms with Crippen LogP contribution in [0.15, 0.2) is 72.9 Å². The first-order valence-electron chi connectivity index (χ1n) is 13.6. The summed E-state index contributed by atoms with van der Waals surface area (Å²) in [5.74, 6) is -0.174. The molecule has 11 heteroatoms. The molecule has 1 amide bonds. The number of nitrogens with zero attached hydrogens (tertiary/aromatic N) is 3. The Hall–Kier alpha value is -4.74. The Balaban J connectivity index is 1.62. The van der Waals surface area contributed by atoms with E-state index < -0.39 is 0 Å². The lowest BCUT2D eigenvalue weighted by Crippen LogP contribution is -2.29. The van der Waals surface area contributed by atoms with Gasteiger partial charge in [0, 0.05) is 36.1 Å². The molecule has 2 aromatic carbocycles. The summed E-state index contributed by atoms with van der Waals surface area (Å²) in [7, 11) is 4.38. The summed E-state index contributed by atoms with van der Waals surface area (Å²) in [5.41, 5.74) is 6.56. The molecule has 0 aliphatic carbocycles. The molecule has 4 aromatic rings. The first kappa shape index (κ1) is 29.7. The molecule has 222 valence electrons. The summed E-state index contributed by atoms with van der Waals surface area (Å²) in [6, 6.07) is 20.3. The van der Waals surface area contributed by atoms with Crippen LogP contribution in [0, 0.1) is 13.8 Å². The second-order valence-corrected chi connectivity index (χ2v) is 10.4. The summed E-state index contributed by atoms with van der Waals surface area (Å²) in [4.78, 5) is 31.1. The van der Waals surface area contributed by atoms with Gasteiger partial charge in [0.25, 0.3) is 0 Å². The van der Waals surface area contributed by atoms with Crippen LogP contribution >= 0.6 is 12.2 Å². The number of aromatic nitrogens is 2. The van der Waals surface area contributed by atoms with Crippen LogP contribution in [0.4, 0.5) is 11.4 Å². The van der Waals surface area contributed by atoms with Crippen molar-refractivity contribution in [2.75, 3.05) is 38.2 Å². The monoisotopic (exact) mass is 599 g/mol. The van der Waals surface area contributed by atoms with Gasteiger partial charge in [-0.25, -0.2) is 4.79 Å². The Morgan fingerprint density at radius 2 is 1.74 bits per heavy atom. The lowest BCUT2D eigenvalue weighted by atomic mass is 9.96. The van der Waals surface area contributed by atoms with Crippen molar-refractivity contribution in [3.05, 3.63) is 101 Å². The molecule has 2 unspecified atom stereocenters. The van der Waals surface area contributed by atoms with Gasteiger partial charge in [-0.2, -0.15) is 0 Å². The molecule has 3 heterocycles. The molecule has 1 saturated heterocycles. The molecule has 5 rings (SSSR count). The maximum absolute atomic E-state index is 12.4. The maximum atomic E-state index is 12.4. The fraction of sp³-hybridized carbons (Fsp3) is 0.250. The standard InChI is InChI=1S/C32H33N5O5S/c1-19-16-24(20(2)36(19)22-11-9-21(10-12-22)31(39)42-5)30-29(25-8-6-7-15-33-25)35-32(43)37(30)23-13-14-27(41-4)26(17-23)34-28(38)18-40-3/h6-17,29-30H,18H2,1-5H3,(H,34,38)(H,35,43). The molecule has 2 N–H and O–H groups in total. The number of amides is 1. The smallest absolute Gasteiger partial charge is 0.337 e. The predicted molar refractivity (Wildman–Crippen MR) is 168 cm³/mol. The van der Waals surface area contributed by atoms with Gasteiger partial charge in [0.2, 0.25) is 5.91 Å². The average molecular weight is 600 g/mol. The minimum absolute atomic E-state index is 0.0893. The molecule has 2 atom stereocenters. The highest BCUT2D eigenvalue weighted by molar-refractivity contribution is 7.80. The zero-order valence-electron chi connectivity index (χ0n) is 24.6. The number of hydrogen-bond donors (Lipinski definition) is 2. The van der Waals surface area contributed by atoms with Gasteiger partial charge >= 0.3 is 5.97 Å². The summed E-state index contributed by atoms with van der Waals surface area (Å²) in [6.07, 6.45) is 1.77. The lowest BCUT2D eigenvalue weighted by Gasteiger charge is -2.29. The van der Waals surface area contributed by atoms with Crippen LogP contribution in [-0.2, 0) is 14.3 Å². The first-order chi connectivity index (χ1) is 20.8. The third kappa shape index (κ3) is 5.81. The number of aryl methyl sites for hydroxylation is 1. The van der Waals surface area contributed by atoms with Crippen molar-refractivity contribution in [3.63, 3.8) is 0 Å². The lowest BCUT2D eigenvalue weighted by molar-refractivity contribution is -0.119. The Morgan fingerprint density at radius 1 is 1.00 bits per heavy atom. The number of carbonyl (C=O) groups excluding carboxylic acids is 2. The largest absolute Gasteiger partial charge is 0.495 e. The molecular formula is C32H33N5O5S. The number of hydrogen-bond acceptors (Lipinski definition) is 7. The van der Waals surface area contributed by atoms with E-state index in [2.05, 4.69) is 33.2 Å². The predicted octanol–water partition coefficient (Wildman–Crippen LogP) is 5.05. The van der Waals surface area contributed by atoms with Crippen molar-refractivity contribution >= 4 is 40.6 Å². The number of rotatable bonds is 9. The average Bonchev–Trinajstić information content (AvgIpc) is 3.51. The summed E-state index contributed by atoms with van der Waals surface area (Å²) < 4.78 is 17.5. The number of anilines is 2. The van der Waals surface area contributed by atoms with E-state index in [1.54, 1.807) is 31.5 Å². The minimum atomic E-state index is -0.384. The molecule has 0 bridgehead atoms. The number of methoxy groups -OCH3 is 3. The second-order valence-electron chi connectivity index (χ2n) is 10.1. The second kappa shape index (κ2) is 12.6. The van der Waals surface area contributed by atoms with Crippen molar-refractivity contribution in [3.8, 4) is 11.4 Å². The van der Waals surface area contributed by atoms with Crippen LogP contribution < -0.4 is 20.3 Å². The van der Waals surface area contributed by atoms with E-state index in [1.165, 1.54) is 14.2 Å². The molecule has 1 aliphatic heterocycles. The van der Waals surface area contributed by atoms with E-state index in [9.17, 15) is 9.59 Å². The van der Waals surface area contributed by atoms with Crippen LogP contribution in [-0.4, -0.2) is 54.5 Å². The third-order valence-electron chi connectivity index (χ3n) is 7.44. The van der Waals surface area contributed by atoms with Crippen LogP contribution in [0.5, 0.6) is 5.75 Å². The molecule has 1 fully saturated rings. The number of pyridine rings is 1. The topological polar surface area (TPSA) is 107 Å². The SMILES string of the molecule is COCC(=O)Nc1cc(N2C(=S)NC(c3ccccn3)C2c2cc(C)n(-c3ccc(C(=O)OC)cc3)c2C)ccc1OC. The molecule has 2 aromatic heterocycles. The van der Waals surface area contributed by atoms with Crippen molar-refractivity contribution in [1.29, 1.82) is 0 Å². The number of benzene rings is 2. The molecule has 0 saturated carbocycles. The first-order valence-corrected chi connectivity index (χ1v) is 14.0. The van der Waals surface area contributed by atoms with Crippen LogP contribution in [0.2, 0.25) is 0 Å². The summed E-state index contributed by atoms with van der Waals surface area (Å²) in [6.45, 7) is 4.02. The van der Waals surface area contributed by atoms with Crippen LogP contribution in [0.25, 0.3) is 5.69 Å². The van der Waals surface area contributed by atoms with Gasteiger partial charge in [0.1, 0.15) is 12.4 Å². The van der Waals surface area contributed by atoms with Gasteiger partial charge in [0.15, 0.2) is 5.11 Å². The Bertz CT molecular complexity index is 1650. The molecule has 0 radical (unpaired) electrons. The minimum Gasteiger partial charge on any atom is -0.495 e. The summed E-state index contributed by atoms with van der Waals surface area (Å²) >= 11 is 5.93. The summed E-state index contributed by atoms with van der Waals surface area (Å²) in [5, 5.41) is 6.89. The number of ether oxygens (including phenoxy) is 3. The highest BCUT2D eigenvalue weighted by atomic mass is 32.1. The highest BCUT2D eigenvalue weighted by Crippen LogP contribution is 2.45. The number of carbonyl (C=O) groups is 2. The fourth-order valence-electron chi connectivity index (χ4n) is 5.56. The maximum Gasteiger partial charge on any atom is 0.337 e. The van der Waals surface area contributed by atoms with Crippen molar-refractivity contribution in [1.82, 2.24) is 14.9 Å². The van der Waals surface area contributed by atoms with E-state index >= 15 is 0 Å². The van der Waals surface area contributed by atoms with Gasteiger partial charge in [0.05, 0.1) is 43.2 Å². The van der Waals surface area contributed by atoms with Gasteiger partial charge in [-0.15, -0.1) is 0 Å². The molecule has 1 aliphatic rings. The quantitative estimate of drug-likeness (QED) is 0.202. The fourth-order valence-corrected chi connectivity index (χ4v) is 5.90. The van der Waals surface area contributed by atoms with Crippen LogP contribution in [0.1, 0.15) is 45.1 Å². The van der Waals surface area contributed by atoms with Crippen molar-refractivity contribution in [2.45, 2.75) is 25.9 Å². The van der Waals surface area contributed by atoms with E-state index in [0.29, 0.717) is 22.1 Å². The third-order valence-corrected chi connectivity index (χ3v) is 7.76. The van der Waals surface area contributed by atoms with Crippen molar-refractivity contribution in [2.24, 2.45) is 0 Å². The highest BCUT2D eigenvalue weighted by Gasteiger charge is 2.42. The van der Waals surface area contributed by atoms with E-state index in [-0.39, 0.29) is 30.6 Å². The van der Waals surface area contributed by atoms with Gasteiger partial charge in [-0.3, -0.25) is 9.78 Å².